The number of rotatable bonds is 7. The first-order valence-electron chi connectivity index (χ1n) is 7.43. The molecule has 2 rings (SSSR count). The predicted molar refractivity (Wildman–Crippen MR) is 92.2 cm³/mol. The summed E-state index contributed by atoms with van der Waals surface area (Å²) in [5.41, 5.74) is 2.16. The Morgan fingerprint density at radius 3 is 1.23 bits per heavy atom. The molecular weight excluding hydrogens is 276 g/mol. The lowest BCUT2D eigenvalue weighted by molar-refractivity contribution is 0.414. The summed E-state index contributed by atoms with van der Waals surface area (Å²) >= 11 is 0. The smallest absolute Gasteiger partial charge is 0.119 e. The molecule has 0 aromatic heterocycles. The average Bonchev–Trinajstić information content (AvgIpc) is 2.56. The molecule has 0 spiro atoms. The number of ether oxygens (including phenoxy) is 2. The second-order valence-corrected chi connectivity index (χ2v) is 5.32. The molecule has 4 heteroatoms. The molecule has 118 valence electrons. The Balaban J connectivity index is 1.91. The number of methoxy groups -OCH3 is 2. The van der Waals surface area contributed by atoms with Crippen LogP contribution in [0.3, 0.4) is 0 Å². The number of hydrogen-bond donors (Lipinski definition) is 2. The second-order valence-electron chi connectivity index (χ2n) is 5.32. The standard InChI is InChI=1S/C18H24N2O2/c1-13(19-15-5-9-17(21-3)10-6-15)14(2)20-16-7-11-18(22-4)12-8-16/h5-14,19-20H,1-4H3. The molecular formula is C18H24N2O2. The molecule has 2 aromatic carbocycles. The van der Waals surface area contributed by atoms with Gasteiger partial charge in [-0.15, -0.1) is 0 Å². The summed E-state index contributed by atoms with van der Waals surface area (Å²) in [7, 11) is 3.35. The van der Waals surface area contributed by atoms with E-state index in [9.17, 15) is 0 Å². The van der Waals surface area contributed by atoms with Gasteiger partial charge in [0, 0.05) is 23.5 Å². The number of hydrogen-bond acceptors (Lipinski definition) is 4. The Bertz CT molecular complexity index is 513. The highest BCUT2D eigenvalue weighted by Crippen LogP contribution is 2.19. The minimum Gasteiger partial charge on any atom is -0.497 e. The molecule has 0 fully saturated rings. The van der Waals surface area contributed by atoms with Crippen molar-refractivity contribution < 1.29 is 9.47 Å². The number of benzene rings is 2. The molecule has 0 heterocycles. The maximum Gasteiger partial charge on any atom is 0.119 e. The van der Waals surface area contributed by atoms with Crippen LogP contribution in [0.5, 0.6) is 11.5 Å². The van der Waals surface area contributed by atoms with Gasteiger partial charge in [-0.05, 0) is 62.4 Å². The Morgan fingerprint density at radius 2 is 0.955 bits per heavy atom. The minimum absolute atomic E-state index is 0.274. The Morgan fingerprint density at radius 1 is 0.636 bits per heavy atom. The summed E-state index contributed by atoms with van der Waals surface area (Å²) in [4.78, 5) is 0. The third-order valence-electron chi connectivity index (χ3n) is 3.72. The van der Waals surface area contributed by atoms with E-state index in [0.29, 0.717) is 0 Å². The Hall–Kier alpha value is -2.36. The highest BCUT2D eigenvalue weighted by molar-refractivity contribution is 5.50. The molecule has 22 heavy (non-hydrogen) atoms. The van der Waals surface area contributed by atoms with Crippen LogP contribution in [-0.2, 0) is 0 Å². The molecule has 2 aromatic rings. The van der Waals surface area contributed by atoms with Crippen molar-refractivity contribution >= 4 is 11.4 Å². The lowest BCUT2D eigenvalue weighted by atomic mass is 10.1. The van der Waals surface area contributed by atoms with Gasteiger partial charge >= 0.3 is 0 Å². The third kappa shape index (κ3) is 4.32. The molecule has 0 saturated carbocycles. The lowest BCUT2D eigenvalue weighted by Gasteiger charge is -2.24. The number of anilines is 2. The van der Waals surface area contributed by atoms with Crippen molar-refractivity contribution in [3.63, 3.8) is 0 Å². The van der Waals surface area contributed by atoms with Gasteiger partial charge in [-0.2, -0.15) is 0 Å². The largest absolute Gasteiger partial charge is 0.497 e. The average molecular weight is 300 g/mol. The molecule has 0 bridgehead atoms. The highest BCUT2D eigenvalue weighted by atomic mass is 16.5. The van der Waals surface area contributed by atoms with E-state index in [-0.39, 0.29) is 12.1 Å². The minimum atomic E-state index is 0.274. The fourth-order valence-corrected chi connectivity index (χ4v) is 2.15. The van der Waals surface area contributed by atoms with Crippen molar-refractivity contribution in [1.29, 1.82) is 0 Å². The van der Waals surface area contributed by atoms with E-state index in [1.54, 1.807) is 14.2 Å². The van der Waals surface area contributed by atoms with Gasteiger partial charge in [-0.25, -0.2) is 0 Å². The van der Waals surface area contributed by atoms with Crippen molar-refractivity contribution in [2.24, 2.45) is 0 Å². The maximum absolute atomic E-state index is 5.17. The van der Waals surface area contributed by atoms with Gasteiger partial charge in [0.25, 0.3) is 0 Å². The zero-order chi connectivity index (χ0) is 15.9. The van der Waals surface area contributed by atoms with Crippen LogP contribution in [0.2, 0.25) is 0 Å². The van der Waals surface area contributed by atoms with Gasteiger partial charge in [-0.3, -0.25) is 0 Å². The fourth-order valence-electron chi connectivity index (χ4n) is 2.15. The van der Waals surface area contributed by atoms with E-state index in [4.69, 9.17) is 9.47 Å². The molecule has 0 aliphatic carbocycles. The monoisotopic (exact) mass is 300 g/mol. The van der Waals surface area contributed by atoms with Crippen molar-refractivity contribution in [3.05, 3.63) is 48.5 Å². The molecule has 0 saturated heterocycles. The van der Waals surface area contributed by atoms with Crippen LogP contribution < -0.4 is 20.1 Å². The van der Waals surface area contributed by atoms with E-state index in [2.05, 4.69) is 24.5 Å². The van der Waals surface area contributed by atoms with Crippen molar-refractivity contribution in [2.45, 2.75) is 25.9 Å². The van der Waals surface area contributed by atoms with E-state index >= 15 is 0 Å². The molecule has 4 nitrogen and oxygen atoms in total. The quantitative estimate of drug-likeness (QED) is 0.811. The molecule has 0 amide bonds. The lowest BCUT2D eigenvalue weighted by Crippen LogP contribution is -2.34. The van der Waals surface area contributed by atoms with Crippen LogP contribution in [0, 0.1) is 0 Å². The Labute approximate surface area is 132 Å². The summed E-state index contributed by atoms with van der Waals surface area (Å²) in [5, 5.41) is 6.99. The van der Waals surface area contributed by atoms with Gasteiger partial charge < -0.3 is 20.1 Å². The summed E-state index contributed by atoms with van der Waals surface area (Å²) in [5.74, 6) is 1.73. The molecule has 0 radical (unpaired) electrons. The summed E-state index contributed by atoms with van der Waals surface area (Å²) in [6.07, 6.45) is 0. The first-order chi connectivity index (χ1) is 10.6. The van der Waals surface area contributed by atoms with E-state index in [0.717, 1.165) is 22.9 Å². The van der Waals surface area contributed by atoms with Gasteiger partial charge in [0.15, 0.2) is 0 Å². The third-order valence-corrected chi connectivity index (χ3v) is 3.72. The summed E-state index contributed by atoms with van der Waals surface area (Å²) in [6.45, 7) is 4.32. The molecule has 0 aliphatic heterocycles. The molecule has 2 unspecified atom stereocenters. The number of nitrogens with one attached hydrogen (secondary N) is 2. The SMILES string of the molecule is COc1ccc(NC(C)C(C)Nc2ccc(OC)cc2)cc1. The van der Waals surface area contributed by atoms with Crippen molar-refractivity contribution in [1.82, 2.24) is 0 Å². The van der Waals surface area contributed by atoms with Crippen LogP contribution in [0.15, 0.2) is 48.5 Å². The normalized spacial score (nSPS) is 13.1. The van der Waals surface area contributed by atoms with Crippen LogP contribution >= 0.6 is 0 Å². The second kappa shape index (κ2) is 7.59. The van der Waals surface area contributed by atoms with Crippen LogP contribution in [0.1, 0.15) is 13.8 Å². The van der Waals surface area contributed by atoms with Gasteiger partial charge in [0.1, 0.15) is 11.5 Å². The molecule has 0 aliphatic rings. The highest BCUT2D eigenvalue weighted by Gasteiger charge is 2.12. The van der Waals surface area contributed by atoms with Gasteiger partial charge in [-0.1, -0.05) is 0 Å². The first kappa shape index (κ1) is 16.0. The van der Waals surface area contributed by atoms with E-state index in [1.807, 2.05) is 48.5 Å². The maximum atomic E-state index is 5.17. The zero-order valence-corrected chi connectivity index (χ0v) is 13.6. The van der Waals surface area contributed by atoms with Crippen molar-refractivity contribution in [2.75, 3.05) is 24.9 Å². The zero-order valence-electron chi connectivity index (χ0n) is 13.6. The van der Waals surface area contributed by atoms with E-state index in [1.165, 1.54) is 0 Å². The predicted octanol–water partition coefficient (Wildman–Crippen LogP) is 4.00. The van der Waals surface area contributed by atoms with Gasteiger partial charge in [0.2, 0.25) is 0 Å². The van der Waals surface area contributed by atoms with Crippen LogP contribution in [0.4, 0.5) is 11.4 Å². The topological polar surface area (TPSA) is 42.5 Å². The molecule has 2 atom stereocenters. The molecule has 2 N–H and O–H groups in total. The van der Waals surface area contributed by atoms with Crippen LogP contribution in [-0.4, -0.2) is 26.3 Å². The Kier molecular flexibility index (Phi) is 5.53. The van der Waals surface area contributed by atoms with Gasteiger partial charge in [0.05, 0.1) is 14.2 Å². The van der Waals surface area contributed by atoms with E-state index < -0.39 is 0 Å². The van der Waals surface area contributed by atoms with Crippen molar-refractivity contribution in [3.8, 4) is 11.5 Å². The first-order valence-corrected chi connectivity index (χ1v) is 7.43. The fraction of sp³-hybridized carbons (Fsp3) is 0.333. The van der Waals surface area contributed by atoms with Crippen LogP contribution in [0.25, 0.3) is 0 Å². The summed E-state index contributed by atoms with van der Waals surface area (Å²) < 4.78 is 10.3. The summed E-state index contributed by atoms with van der Waals surface area (Å²) in [6, 6.07) is 16.5.